The van der Waals surface area contributed by atoms with Crippen LogP contribution in [0.15, 0.2) is 65.3 Å². The van der Waals surface area contributed by atoms with Crippen LogP contribution in [-0.2, 0) is 17.4 Å². The molecule has 2 amide bonds. The number of anilines is 3. The van der Waals surface area contributed by atoms with Gasteiger partial charge in [-0.05, 0) is 55.3 Å². The van der Waals surface area contributed by atoms with Crippen LogP contribution in [0.25, 0.3) is 0 Å². The predicted molar refractivity (Wildman–Crippen MR) is 114 cm³/mol. The van der Waals surface area contributed by atoms with Gasteiger partial charge in [0.05, 0.1) is 18.4 Å². The fraction of sp³-hybridized carbons (Fsp3) is 0.217. The van der Waals surface area contributed by atoms with E-state index in [1.54, 1.807) is 4.90 Å². The zero-order valence-electron chi connectivity index (χ0n) is 17.1. The zero-order chi connectivity index (χ0) is 22.9. The largest absolute Gasteiger partial charge is 0.459 e. The fourth-order valence-corrected chi connectivity index (χ4v) is 3.81. The third-order valence-electron chi connectivity index (χ3n) is 5.23. The van der Waals surface area contributed by atoms with E-state index in [2.05, 4.69) is 10.6 Å². The Hall–Kier alpha value is -3.75. The molecule has 1 atom stereocenters. The highest BCUT2D eigenvalue weighted by atomic mass is 19.4. The summed E-state index contributed by atoms with van der Waals surface area (Å²) in [7, 11) is 0. The fourth-order valence-electron chi connectivity index (χ4n) is 3.81. The van der Waals surface area contributed by atoms with Gasteiger partial charge in [-0.25, -0.2) is 0 Å². The second kappa shape index (κ2) is 8.41. The van der Waals surface area contributed by atoms with Crippen molar-refractivity contribution in [1.82, 2.24) is 0 Å². The monoisotopic (exact) mass is 443 g/mol. The number of hydrogen-bond donors (Lipinski definition) is 2. The van der Waals surface area contributed by atoms with Crippen molar-refractivity contribution in [1.29, 1.82) is 0 Å². The summed E-state index contributed by atoms with van der Waals surface area (Å²) in [6, 6.07) is 13.6. The number of nitrogens with one attached hydrogen (secondary N) is 2. The molecule has 0 spiro atoms. The number of furan rings is 1. The molecule has 0 saturated carbocycles. The van der Waals surface area contributed by atoms with Gasteiger partial charge >= 0.3 is 6.18 Å². The third kappa shape index (κ3) is 4.32. The molecule has 166 valence electrons. The van der Waals surface area contributed by atoms with Gasteiger partial charge in [-0.15, -0.1) is 0 Å². The Morgan fingerprint density at radius 3 is 2.62 bits per heavy atom. The first-order valence-electron chi connectivity index (χ1n) is 9.94. The number of amides is 2. The number of nitrogens with zero attached hydrogens (tertiary/aromatic N) is 1. The second-order valence-electron chi connectivity index (χ2n) is 7.49. The third-order valence-corrected chi connectivity index (χ3v) is 5.23. The molecule has 3 aromatic rings. The van der Waals surface area contributed by atoms with E-state index in [4.69, 9.17) is 4.42 Å². The van der Waals surface area contributed by atoms with Gasteiger partial charge in [-0.1, -0.05) is 18.2 Å². The van der Waals surface area contributed by atoms with Crippen LogP contribution in [0.2, 0.25) is 0 Å². The molecule has 1 aromatic heterocycles. The molecule has 2 N–H and O–H groups in total. The predicted octanol–water partition coefficient (Wildman–Crippen LogP) is 4.94. The highest BCUT2D eigenvalue weighted by Crippen LogP contribution is 2.37. The van der Waals surface area contributed by atoms with Crippen LogP contribution in [0.1, 0.15) is 28.6 Å². The van der Waals surface area contributed by atoms with E-state index >= 15 is 0 Å². The van der Waals surface area contributed by atoms with E-state index in [0.29, 0.717) is 6.42 Å². The van der Waals surface area contributed by atoms with Crippen LogP contribution >= 0.6 is 0 Å². The Balaban J connectivity index is 1.51. The molecule has 1 unspecified atom stereocenters. The molecule has 0 bridgehead atoms. The van der Waals surface area contributed by atoms with Gasteiger partial charge in [0.1, 0.15) is 0 Å². The molecule has 4 rings (SSSR count). The molecule has 0 saturated heterocycles. The number of halogens is 3. The Morgan fingerprint density at radius 2 is 1.91 bits per heavy atom. The average Bonchev–Trinajstić information content (AvgIpc) is 3.39. The SMILES string of the molecule is CC1Cc2ccccc2N1C(=O)CNc1ccc(NC(=O)c2ccco2)cc1C(F)(F)F. The molecule has 2 heterocycles. The summed E-state index contributed by atoms with van der Waals surface area (Å²) in [5, 5.41) is 4.99. The molecule has 0 fully saturated rings. The first-order valence-corrected chi connectivity index (χ1v) is 9.94. The van der Waals surface area contributed by atoms with Gasteiger partial charge in [0.2, 0.25) is 5.91 Å². The molecule has 6 nitrogen and oxygen atoms in total. The summed E-state index contributed by atoms with van der Waals surface area (Å²) in [6.45, 7) is 1.59. The molecule has 32 heavy (non-hydrogen) atoms. The first-order chi connectivity index (χ1) is 15.2. The lowest BCUT2D eigenvalue weighted by Gasteiger charge is -2.24. The van der Waals surface area contributed by atoms with Crippen LogP contribution in [-0.4, -0.2) is 24.4 Å². The van der Waals surface area contributed by atoms with Gasteiger partial charge in [0, 0.05) is 23.1 Å². The number of alkyl halides is 3. The van der Waals surface area contributed by atoms with Gasteiger partial charge in [-0.3, -0.25) is 9.59 Å². The molecule has 0 radical (unpaired) electrons. The summed E-state index contributed by atoms with van der Waals surface area (Å²) in [5.74, 6) is -1.02. The highest BCUT2D eigenvalue weighted by Gasteiger charge is 2.35. The lowest BCUT2D eigenvalue weighted by Crippen LogP contribution is -2.39. The molecule has 1 aliphatic rings. The minimum Gasteiger partial charge on any atom is -0.459 e. The normalized spacial score (nSPS) is 15.4. The molecular weight excluding hydrogens is 423 g/mol. The standard InChI is InChI=1S/C23H20F3N3O3/c1-14-11-15-5-2-3-6-19(15)29(14)21(30)13-27-18-9-8-16(12-17(18)23(24,25)26)28-22(31)20-7-4-10-32-20/h2-10,12,14,27H,11,13H2,1H3,(H,28,31). The number of carbonyl (C=O) groups excluding carboxylic acids is 2. The van der Waals surface area contributed by atoms with Crippen LogP contribution < -0.4 is 15.5 Å². The highest BCUT2D eigenvalue weighted by molar-refractivity contribution is 6.02. The average molecular weight is 443 g/mol. The van der Waals surface area contributed by atoms with Gasteiger partial charge in [0.15, 0.2) is 5.76 Å². The number of benzene rings is 2. The van der Waals surface area contributed by atoms with E-state index in [9.17, 15) is 22.8 Å². The van der Waals surface area contributed by atoms with Crippen molar-refractivity contribution in [3.63, 3.8) is 0 Å². The number of rotatable bonds is 5. The minimum absolute atomic E-state index is 0.0219. The van der Waals surface area contributed by atoms with Gasteiger partial charge in [0.25, 0.3) is 5.91 Å². The minimum atomic E-state index is -4.69. The molecule has 1 aliphatic heterocycles. The first kappa shape index (κ1) is 21.5. The van der Waals surface area contributed by atoms with E-state index in [1.165, 1.54) is 30.5 Å². The lowest BCUT2D eigenvalue weighted by molar-refractivity contribution is -0.137. The smallest absolute Gasteiger partial charge is 0.418 e. The summed E-state index contributed by atoms with van der Waals surface area (Å²) in [5.41, 5.74) is 0.525. The number of carbonyl (C=O) groups is 2. The molecular formula is C23H20F3N3O3. The van der Waals surface area contributed by atoms with E-state index < -0.39 is 17.6 Å². The Kier molecular flexibility index (Phi) is 5.65. The van der Waals surface area contributed by atoms with Crippen molar-refractivity contribution in [2.45, 2.75) is 25.6 Å². The summed E-state index contributed by atoms with van der Waals surface area (Å²) in [4.78, 5) is 26.5. The maximum absolute atomic E-state index is 13.7. The molecule has 2 aromatic carbocycles. The van der Waals surface area contributed by atoms with Crippen molar-refractivity contribution < 1.29 is 27.2 Å². The summed E-state index contributed by atoms with van der Waals surface area (Å²) < 4.78 is 45.9. The van der Waals surface area contributed by atoms with Crippen molar-refractivity contribution >= 4 is 28.9 Å². The van der Waals surface area contributed by atoms with Crippen molar-refractivity contribution in [3.05, 3.63) is 77.7 Å². The molecule has 0 aliphatic carbocycles. The van der Waals surface area contributed by atoms with Crippen LogP contribution in [0.3, 0.4) is 0 Å². The number of fused-ring (bicyclic) bond motifs is 1. The van der Waals surface area contributed by atoms with Crippen LogP contribution in [0.5, 0.6) is 0 Å². The van der Waals surface area contributed by atoms with E-state index in [-0.39, 0.29) is 35.6 Å². The van der Waals surface area contributed by atoms with Gasteiger partial charge in [-0.2, -0.15) is 13.2 Å². The quantitative estimate of drug-likeness (QED) is 0.586. The summed E-state index contributed by atoms with van der Waals surface area (Å²) >= 11 is 0. The van der Waals surface area contributed by atoms with Crippen molar-refractivity contribution in [2.75, 3.05) is 22.1 Å². The van der Waals surface area contributed by atoms with E-state index in [0.717, 1.165) is 17.3 Å². The van der Waals surface area contributed by atoms with Crippen molar-refractivity contribution in [2.24, 2.45) is 0 Å². The van der Waals surface area contributed by atoms with Crippen molar-refractivity contribution in [3.8, 4) is 0 Å². The Morgan fingerprint density at radius 1 is 1.12 bits per heavy atom. The van der Waals surface area contributed by atoms with Crippen LogP contribution in [0, 0.1) is 0 Å². The Labute approximate surface area is 182 Å². The zero-order valence-corrected chi connectivity index (χ0v) is 17.1. The maximum atomic E-state index is 13.7. The van der Waals surface area contributed by atoms with Gasteiger partial charge < -0.3 is 20.0 Å². The maximum Gasteiger partial charge on any atom is 0.418 e. The lowest BCUT2D eigenvalue weighted by atomic mass is 10.1. The second-order valence-corrected chi connectivity index (χ2v) is 7.49. The molecule has 9 heteroatoms. The van der Waals surface area contributed by atoms with E-state index in [1.807, 2.05) is 31.2 Å². The number of hydrogen-bond acceptors (Lipinski definition) is 4. The number of para-hydroxylation sites is 1. The topological polar surface area (TPSA) is 74.6 Å². The van der Waals surface area contributed by atoms with Crippen LogP contribution in [0.4, 0.5) is 30.2 Å². The summed E-state index contributed by atoms with van der Waals surface area (Å²) in [6.07, 6.45) is -2.70. The Bertz CT molecular complexity index is 1140.